The molecule has 0 aliphatic rings. The molecule has 2 aromatic heterocycles. The summed E-state index contributed by atoms with van der Waals surface area (Å²) in [4.78, 5) is 4.66. The van der Waals surface area contributed by atoms with E-state index in [0.29, 0.717) is 6.61 Å². The first-order valence-electron chi connectivity index (χ1n) is 8.67. The quantitative estimate of drug-likeness (QED) is 0.464. The van der Waals surface area contributed by atoms with Gasteiger partial charge in [0.05, 0.1) is 25.6 Å². The number of ether oxygens (including phenoxy) is 2. The van der Waals surface area contributed by atoms with Gasteiger partial charge in [-0.3, -0.25) is 5.43 Å². The summed E-state index contributed by atoms with van der Waals surface area (Å²) in [5.41, 5.74) is 8.50. The van der Waals surface area contributed by atoms with Crippen LogP contribution >= 0.6 is 11.3 Å². The average molecular weight is 385 g/mol. The largest absolute Gasteiger partial charge is 0.497 e. The average Bonchev–Trinajstić information content (AvgIpc) is 3.25. The van der Waals surface area contributed by atoms with Crippen molar-refractivity contribution in [2.45, 2.75) is 20.4 Å². The first-order valence-corrected chi connectivity index (χ1v) is 9.55. The lowest BCUT2D eigenvalue weighted by atomic mass is 10.2. The van der Waals surface area contributed by atoms with Gasteiger partial charge in [0.25, 0.3) is 0 Å². The molecular formula is C20H24N4O2S. The van der Waals surface area contributed by atoms with Crippen LogP contribution in [-0.2, 0) is 11.3 Å². The first kappa shape index (κ1) is 19.1. The Labute approximate surface area is 163 Å². The molecular weight excluding hydrogens is 360 g/mol. The molecule has 27 heavy (non-hydrogen) atoms. The van der Waals surface area contributed by atoms with Crippen LogP contribution in [0.5, 0.6) is 5.75 Å². The van der Waals surface area contributed by atoms with E-state index < -0.39 is 0 Å². The van der Waals surface area contributed by atoms with Gasteiger partial charge in [-0.05, 0) is 49.7 Å². The molecule has 0 saturated carbocycles. The third kappa shape index (κ3) is 4.56. The standard InChI is InChI=1S/C20H24N4O2S/c1-14-11-18(15(2)24(14)9-10-25-3)19-13-27-20(22-19)23-21-12-16-5-7-17(26-4)8-6-16/h5-8,11-13H,9-10H2,1-4H3,(H,22,23)/b21-12-. The number of thiazole rings is 1. The van der Waals surface area contributed by atoms with Crippen LogP contribution in [0.15, 0.2) is 40.8 Å². The van der Waals surface area contributed by atoms with Crippen LogP contribution in [0.4, 0.5) is 5.13 Å². The number of benzene rings is 1. The number of methoxy groups -OCH3 is 2. The molecule has 0 radical (unpaired) electrons. The predicted molar refractivity (Wildman–Crippen MR) is 111 cm³/mol. The Balaban J connectivity index is 1.68. The van der Waals surface area contributed by atoms with E-state index in [-0.39, 0.29) is 0 Å². The zero-order valence-corrected chi connectivity index (χ0v) is 16.8. The van der Waals surface area contributed by atoms with Crippen molar-refractivity contribution in [2.24, 2.45) is 5.10 Å². The molecule has 0 fully saturated rings. The molecule has 1 N–H and O–H groups in total. The number of hydrogen-bond donors (Lipinski definition) is 1. The fourth-order valence-electron chi connectivity index (χ4n) is 2.89. The Kier molecular flexibility index (Phi) is 6.26. The number of hydrazone groups is 1. The summed E-state index contributed by atoms with van der Waals surface area (Å²) < 4.78 is 12.6. The number of nitrogens with zero attached hydrogens (tertiary/aromatic N) is 3. The van der Waals surface area contributed by atoms with Gasteiger partial charge in [-0.25, -0.2) is 4.98 Å². The van der Waals surface area contributed by atoms with Crippen LogP contribution in [-0.4, -0.2) is 36.6 Å². The van der Waals surface area contributed by atoms with Gasteiger partial charge in [-0.15, -0.1) is 11.3 Å². The van der Waals surface area contributed by atoms with Crippen molar-refractivity contribution >= 4 is 22.7 Å². The molecule has 6 nitrogen and oxygen atoms in total. The third-order valence-corrected chi connectivity index (χ3v) is 5.11. The maximum atomic E-state index is 5.20. The van der Waals surface area contributed by atoms with Gasteiger partial charge in [0.1, 0.15) is 5.75 Å². The fraction of sp³-hybridized carbons (Fsp3) is 0.300. The molecule has 1 aromatic carbocycles. The van der Waals surface area contributed by atoms with Crippen molar-refractivity contribution < 1.29 is 9.47 Å². The van der Waals surface area contributed by atoms with E-state index in [1.54, 1.807) is 20.4 Å². The lowest BCUT2D eigenvalue weighted by Crippen LogP contribution is -2.07. The summed E-state index contributed by atoms with van der Waals surface area (Å²) in [6.07, 6.45) is 1.76. The Hall–Kier alpha value is -2.64. The Morgan fingerprint density at radius 2 is 2.00 bits per heavy atom. The van der Waals surface area contributed by atoms with Gasteiger partial charge in [0, 0.05) is 36.0 Å². The van der Waals surface area contributed by atoms with Gasteiger partial charge < -0.3 is 14.0 Å². The van der Waals surface area contributed by atoms with Crippen molar-refractivity contribution in [1.82, 2.24) is 9.55 Å². The lowest BCUT2D eigenvalue weighted by molar-refractivity contribution is 0.186. The molecule has 0 unspecified atom stereocenters. The highest BCUT2D eigenvalue weighted by Gasteiger charge is 2.13. The second-order valence-electron chi connectivity index (χ2n) is 6.11. The van der Waals surface area contributed by atoms with Gasteiger partial charge in [-0.1, -0.05) is 0 Å². The van der Waals surface area contributed by atoms with Gasteiger partial charge in [0.15, 0.2) is 0 Å². The van der Waals surface area contributed by atoms with Crippen LogP contribution in [0.2, 0.25) is 0 Å². The summed E-state index contributed by atoms with van der Waals surface area (Å²) >= 11 is 1.54. The van der Waals surface area contributed by atoms with Crippen molar-refractivity contribution in [3.8, 4) is 17.0 Å². The minimum atomic E-state index is 0.694. The Morgan fingerprint density at radius 1 is 1.22 bits per heavy atom. The second-order valence-corrected chi connectivity index (χ2v) is 6.97. The highest BCUT2D eigenvalue weighted by Crippen LogP contribution is 2.29. The normalized spacial score (nSPS) is 11.3. The summed E-state index contributed by atoms with van der Waals surface area (Å²) in [5.74, 6) is 0.827. The molecule has 0 bridgehead atoms. The van der Waals surface area contributed by atoms with E-state index in [2.05, 4.69) is 40.0 Å². The highest BCUT2D eigenvalue weighted by atomic mass is 32.1. The minimum absolute atomic E-state index is 0.694. The van der Waals surface area contributed by atoms with Gasteiger partial charge >= 0.3 is 0 Å². The van der Waals surface area contributed by atoms with Crippen molar-refractivity contribution in [3.05, 3.63) is 52.7 Å². The van der Waals surface area contributed by atoms with E-state index >= 15 is 0 Å². The smallest absolute Gasteiger partial charge is 0.203 e. The number of hydrogen-bond acceptors (Lipinski definition) is 6. The lowest BCUT2D eigenvalue weighted by Gasteiger charge is -2.08. The SMILES string of the molecule is COCCn1c(C)cc(-c2csc(N/N=C\c3ccc(OC)cc3)n2)c1C. The second kappa shape index (κ2) is 8.83. The van der Waals surface area contributed by atoms with Crippen LogP contribution in [0.3, 0.4) is 0 Å². The molecule has 142 valence electrons. The molecule has 2 heterocycles. The molecule has 0 aliphatic carbocycles. The number of aromatic nitrogens is 2. The number of rotatable bonds is 8. The molecule has 0 aliphatic heterocycles. The maximum absolute atomic E-state index is 5.20. The van der Waals surface area contributed by atoms with Crippen molar-refractivity contribution in [1.29, 1.82) is 0 Å². The first-order chi connectivity index (χ1) is 13.1. The maximum Gasteiger partial charge on any atom is 0.203 e. The molecule has 3 rings (SSSR count). The van der Waals surface area contributed by atoms with Crippen LogP contribution in [0, 0.1) is 13.8 Å². The monoisotopic (exact) mass is 384 g/mol. The molecule has 0 spiro atoms. The molecule has 0 amide bonds. The summed E-state index contributed by atoms with van der Waals surface area (Å²) in [6, 6.07) is 9.88. The summed E-state index contributed by atoms with van der Waals surface area (Å²) in [5, 5.41) is 7.08. The van der Waals surface area contributed by atoms with E-state index in [4.69, 9.17) is 9.47 Å². The number of aryl methyl sites for hydroxylation is 1. The summed E-state index contributed by atoms with van der Waals surface area (Å²) in [6.45, 7) is 5.76. The number of anilines is 1. The fourth-order valence-corrected chi connectivity index (χ4v) is 3.55. The van der Waals surface area contributed by atoms with Crippen molar-refractivity contribution in [3.63, 3.8) is 0 Å². The Morgan fingerprint density at radius 3 is 2.70 bits per heavy atom. The van der Waals surface area contributed by atoms with E-state index in [9.17, 15) is 0 Å². The van der Waals surface area contributed by atoms with Crippen LogP contribution in [0.25, 0.3) is 11.3 Å². The zero-order chi connectivity index (χ0) is 19.2. The van der Waals surface area contributed by atoms with E-state index in [1.807, 2.05) is 29.6 Å². The Bertz CT molecular complexity index is 913. The molecule has 7 heteroatoms. The highest BCUT2D eigenvalue weighted by molar-refractivity contribution is 7.14. The summed E-state index contributed by atoms with van der Waals surface area (Å²) in [7, 11) is 3.37. The zero-order valence-electron chi connectivity index (χ0n) is 16.0. The van der Waals surface area contributed by atoms with E-state index in [0.717, 1.165) is 34.2 Å². The topological polar surface area (TPSA) is 60.7 Å². The predicted octanol–water partition coefficient (Wildman–Crippen LogP) is 4.33. The van der Waals surface area contributed by atoms with E-state index in [1.165, 1.54) is 22.7 Å². The van der Waals surface area contributed by atoms with Crippen molar-refractivity contribution in [2.75, 3.05) is 26.3 Å². The minimum Gasteiger partial charge on any atom is -0.497 e. The van der Waals surface area contributed by atoms with Gasteiger partial charge in [-0.2, -0.15) is 5.10 Å². The van der Waals surface area contributed by atoms with Crippen LogP contribution in [0.1, 0.15) is 17.0 Å². The molecule has 0 saturated heterocycles. The number of nitrogens with one attached hydrogen (secondary N) is 1. The van der Waals surface area contributed by atoms with Crippen LogP contribution < -0.4 is 10.2 Å². The third-order valence-electron chi connectivity index (χ3n) is 4.36. The molecule has 3 aromatic rings. The molecule has 0 atom stereocenters. The van der Waals surface area contributed by atoms with Gasteiger partial charge in [0.2, 0.25) is 5.13 Å².